The molecule has 2 heterocycles. The summed E-state index contributed by atoms with van der Waals surface area (Å²) in [5.74, 6) is 0. The van der Waals surface area contributed by atoms with Crippen LogP contribution < -0.4 is 0 Å². The van der Waals surface area contributed by atoms with Crippen molar-refractivity contribution in [1.82, 2.24) is 14.5 Å². The maximum atomic E-state index is 5.31. The predicted octanol–water partition coefficient (Wildman–Crippen LogP) is 9.32. The quantitative estimate of drug-likeness (QED) is 0.222. The highest BCUT2D eigenvalue weighted by molar-refractivity contribution is 6.23. The molecule has 0 saturated carbocycles. The minimum absolute atomic E-state index is 0.868. The van der Waals surface area contributed by atoms with Gasteiger partial charge < -0.3 is 4.57 Å². The largest absolute Gasteiger partial charge is 0.309 e. The Labute approximate surface area is 226 Å². The van der Waals surface area contributed by atoms with Crippen LogP contribution in [0.1, 0.15) is 11.1 Å². The third-order valence-electron chi connectivity index (χ3n) is 7.92. The molecule has 0 bridgehead atoms. The minimum atomic E-state index is 0.868. The highest BCUT2D eigenvalue weighted by Gasteiger charge is 2.18. The number of para-hydroxylation sites is 1. The average Bonchev–Trinajstić information content (AvgIpc) is 3.29. The van der Waals surface area contributed by atoms with Gasteiger partial charge in [-0.3, -0.25) is 4.98 Å². The summed E-state index contributed by atoms with van der Waals surface area (Å²) < 4.78 is 2.38. The summed E-state index contributed by atoms with van der Waals surface area (Å²) in [5, 5.41) is 7.20. The fraction of sp³-hybridized carbons (Fsp3) is 0.0556. The van der Waals surface area contributed by atoms with Crippen molar-refractivity contribution in [2.24, 2.45) is 0 Å². The lowest BCUT2D eigenvalue weighted by Crippen LogP contribution is -1.99. The molecule has 0 saturated heterocycles. The number of benzene rings is 6. The maximum Gasteiger partial charge on any atom is 0.0979 e. The summed E-state index contributed by atoms with van der Waals surface area (Å²) in [4.78, 5) is 10.3. The van der Waals surface area contributed by atoms with Gasteiger partial charge in [-0.15, -0.1) is 0 Å². The zero-order valence-electron chi connectivity index (χ0n) is 21.8. The predicted molar refractivity (Wildman–Crippen MR) is 164 cm³/mol. The Kier molecular flexibility index (Phi) is 4.65. The second-order valence-corrected chi connectivity index (χ2v) is 10.4. The Morgan fingerprint density at radius 1 is 0.513 bits per heavy atom. The standard InChI is InChI=1S/C36H25N3/c1-22-15-17-33-29(19-22)30-20-23(2)16-18-34(30)39(33)32-14-8-7-13-28(32)31-21-37-35-26-11-5-3-9-24(26)25-10-4-6-12-27(25)36(35)38-31/h3-21H,1-2H3. The van der Waals surface area contributed by atoms with Gasteiger partial charge in [-0.05, 0) is 55.0 Å². The number of hydrogen-bond acceptors (Lipinski definition) is 2. The second kappa shape index (κ2) is 8.24. The summed E-state index contributed by atoms with van der Waals surface area (Å²) in [6.07, 6.45) is 1.94. The van der Waals surface area contributed by atoms with Crippen LogP contribution in [-0.4, -0.2) is 14.5 Å². The van der Waals surface area contributed by atoms with E-state index in [2.05, 4.69) is 128 Å². The maximum absolute atomic E-state index is 5.31. The van der Waals surface area contributed by atoms with Gasteiger partial charge in [0.15, 0.2) is 0 Å². The zero-order valence-corrected chi connectivity index (χ0v) is 21.8. The first-order chi connectivity index (χ1) is 19.2. The number of hydrogen-bond donors (Lipinski definition) is 0. The van der Waals surface area contributed by atoms with Crippen molar-refractivity contribution in [3.05, 3.63) is 127 Å². The summed E-state index contributed by atoms with van der Waals surface area (Å²) >= 11 is 0. The molecule has 6 aromatic carbocycles. The normalized spacial score (nSPS) is 11.8. The van der Waals surface area contributed by atoms with Crippen molar-refractivity contribution in [3.8, 4) is 16.9 Å². The first-order valence-corrected chi connectivity index (χ1v) is 13.3. The van der Waals surface area contributed by atoms with Crippen molar-refractivity contribution in [1.29, 1.82) is 0 Å². The number of aryl methyl sites for hydroxylation is 2. The molecule has 8 aromatic rings. The molecule has 0 aliphatic carbocycles. The van der Waals surface area contributed by atoms with Gasteiger partial charge in [0, 0.05) is 27.1 Å². The second-order valence-electron chi connectivity index (χ2n) is 10.4. The average molecular weight is 500 g/mol. The van der Waals surface area contributed by atoms with Crippen molar-refractivity contribution in [2.45, 2.75) is 13.8 Å². The van der Waals surface area contributed by atoms with Gasteiger partial charge in [-0.2, -0.15) is 0 Å². The van der Waals surface area contributed by atoms with Gasteiger partial charge in [-0.1, -0.05) is 90.0 Å². The summed E-state index contributed by atoms with van der Waals surface area (Å²) in [6.45, 7) is 4.32. The fourth-order valence-corrected chi connectivity index (χ4v) is 6.15. The van der Waals surface area contributed by atoms with E-state index in [0.29, 0.717) is 0 Å². The number of nitrogens with zero attached hydrogens (tertiary/aromatic N) is 3. The van der Waals surface area contributed by atoms with E-state index in [1.54, 1.807) is 0 Å². The molecule has 0 spiro atoms. The third kappa shape index (κ3) is 3.23. The Bertz CT molecular complexity index is 2160. The van der Waals surface area contributed by atoms with Crippen LogP contribution in [-0.2, 0) is 0 Å². The van der Waals surface area contributed by atoms with Gasteiger partial charge in [0.1, 0.15) is 0 Å². The van der Waals surface area contributed by atoms with Crippen molar-refractivity contribution >= 4 is 54.4 Å². The Morgan fingerprint density at radius 2 is 1.05 bits per heavy atom. The number of fused-ring (bicyclic) bond motifs is 9. The van der Waals surface area contributed by atoms with Crippen molar-refractivity contribution in [2.75, 3.05) is 0 Å². The van der Waals surface area contributed by atoms with Crippen molar-refractivity contribution in [3.63, 3.8) is 0 Å². The molecule has 0 amide bonds. The molecule has 0 aliphatic heterocycles. The van der Waals surface area contributed by atoms with Crippen molar-refractivity contribution < 1.29 is 0 Å². The monoisotopic (exact) mass is 499 g/mol. The molecule has 184 valence electrons. The Balaban J connectivity index is 1.45. The van der Waals surface area contributed by atoms with Gasteiger partial charge in [0.05, 0.1) is 39.6 Å². The SMILES string of the molecule is Cc1ccc2c(c1)c1cc(C)ccc1n2-c1ccccc1-c1cnc2c3ccccc3c3ccccc3c2n1. The first-order valence-electron chi connectivity index (χ1n) is 13.3. The molecule has 0 aliphatic rings. The van der Waals surface area contributed by atoms with Crippen LogP contribution in [0.5, 0.6) is 0 Å². The molecule has 0 N–H and O–H groups in total. The highest BCUT2D eigenvalue weighted by atomic mass is 15.0. The Hall–Kier alpha value is -5.02. The molecule has 0 atom stereocenters. The van der Waals surface area contributed by atoms with E-state index in [1.165, 1.54) is 43.7 Å². The van der Waals surface area contributed by atoms with E-state index in [1.807, 2.05) is 6.20 Å². The molecule has 0 radical (unpaired) electrons. The molecule has 8 rings (SSSR count). The lowest BCUT2D eigenvalue weighted by atomic mass is 9.99. The number of aromatic nitrogens is 3. The summed E-state index contributed by atoms with van der Waals surface area (Å²) in [6, 6.07) is 39.0. The molecule has 39 heavy (non-hydrogen) atoms. The van der Waals surface area contributed by atoms with Crippen LogP contribution in [0.3, 0.4) is 0 Å². The first kappa shape index (κ1) is 22.0. The molecule has 3 nitrogen and oxygen atoms in total. The minimum Gasteiger partial charge on any atom is -0.309 e. The third-order valence-corrected chi connectivity index (χ3v) is 7.92. The molecular weight excluding hydrogens is 474 g/mol. The van der Waals surface area contributed by atoms with Crippen LogP contribution in [0.15, 0.2) is 115 Å². The lowest BCUT2D eigenvalue weighted by molar-refractivity contribution is 1.17. The van der Waals surface area contributed by atoms with Gasteiger partial charge >= 0.3 is 0 Å². The Morgan fingerprint density at radius 3 is 1.69 bits per heavy atom. The van der Waals surface area contributed by atoms with Gasteiger partial charge in [0.2, 0.25) is 0 Å². The van der Waals surface area contributed by atoms with E-state index >= 15 is 0 Å². The van der Waals surface area contributed by atoms with E-state index in [4.69, 9.17) is 9.97 Å². The highest BCUT2D eigenvalue weighted by Crippen LogP contribution is 2.38. The smallest absolute Gasteiger partial charge is 0.0979 e. The number of rotatable bonds is 2. The molecule has 2 aromatic heterocycles. The van der Waals surface area contributed by atoms with Crippen LogP contribution >= 0.6 is 0 Å². The van der Waals surface area contributed by atoms with E-state index in [0.717, 1.165) is 38.8 Å². The van der Waals surface area contributed by atoms with Crippen LogP contribution in [0, 0.1) is 13.8 Å². The van der Waals surface area contributed by atoms with Crippen LogP contribution in [0.2, 0.25) is 0 Å². The molecule has 0 fully saturated rings. The molecule has 3 heteroatoms. The van der Waals surface area contributed by atoms with E-state index in [-0.39, 0.29) is 0 Å². The molecular formula is C36H25N3. The van der Waals surface area contributed by atoms with E-state index < -0.39 is 0 Å². The lowest BCUT2D eigenvalue weighted by Gasteiger charge is -2.15. The van der Waals surface area contributed by atoms with Crippen LogP contribution in [0.25, 0.3) is 71.3 Å². The summed E-state index contributed by atoms with van der Waals surface area (Å²) in [5.41, 5.74) is 9.81. The van der Waals surface area contributed by atoms with Gasteiger partial charge in [0.25, 0.3) is 0 Å². The van der Waals surface area contributed by atoms with Gasteiger partial charge in [-0.25, -0.2) is 4.98 Å². The molecule has 0 unspecified atom stereocenters. The topological polar surface area (TPSA) is 30.7 Å². The zero-order chi connectivity index (χ0) is 26.1. The van der Waals surface area contributed by atoms with Crippen LogP contribution in [0.4, 0.5) is 0 Å². The fourth-order valence-electron chi connectivity index (χ4n) is 6.15. The summed E-state index contributed by atoms with van der Waals surface area (Å²) in [7, 11) is 0. The van der Waals surface area contributed by atoms with E-state index in [9.17, 15) is 0 Å².